The summed E-state index contributed by atoms with van der Waals surface area (Å²) in [5.41, 5.74) is 0. The molecule has 0 aromatic carbocycles. The number of hydrogen-bond acceptors (Lipinski definition) is 3. The molecular weight excluding hydrogens is 178 g/mol. The van der Waals surface area contributed by atoms with Crippen molar-refractivity contribution in [2.45, 2.75) is 0 Å². The van der Waals surface area contributed by atoms with Crippen LogP contribution in [0.1, 0.15) is 0 Å². The summed E-state index contributed by atoms with van der Waals surface area (Å²) in [6.07, 6.45) is 0. The fourth-order valence-electron chi connectivity index (χ4n) is 0. The molecule has 3 nitrogen and oxygen atoms in total. The molecular formula is H3BO3Sn. The molecule has 0 aromatic rings. The van der Waals surface area contributed by atoms with Crippen LogP contribution in [0.5, 0.6) is 0 Å². The summed E-state index contributed by atoms with van der Waals surface area (Å²) in [5, 5.41) is 15.5. The van der Waals surface area contributed by atoms with Crippen LogP contribution in [0.3, 0.4) is 0 Å². The first kappa shape index (κ1) is 5.74. The molecule has 0 aromatic heterocycles. The van der Waals surface area contributed by atoms with Crippen LogP contribution in [0, 0.1) is 0 Å². The Balaban J connectivity index is 2.54. The van der Waals surface area contributed by atoms with Gasteiger partial charge in [-0.1, -0.05) is 0 Å². The van der Waals surface area contributed by atoms with Gasteiger partial charge in [-0.25, -0.2) is 0 Å². The summed E-state index contributed by atoms with van der Waals surface area (Å²) in [4.78, 5) is 0. The fourth-order valence-corrected chi connectivity index (χ4v) is 0. The third-order valence-corrected chi connectivity index (χ3v) is 0.816. The Morgan fingerprint density at radius 3 is 1.80 bits per heavy atom. The Morgan fingerprint density at radius 1 is 1.60 bits per heavy atom. The summed E-state index contributed by atoms with van der Waals surface area (Å²) >= 11 is 0.426. The molecule has 0 atom stereocenters. The van der Waals surface area contributed by atoms with Crippen molar-refractivity contribution in [3.63, 3.8) is 0 Å². The molecule has 0 rings (SSSR count). The van der Waals surface area contributed by atoms with E-state index in [0.717, 1.165) is 0 Å². The molecule has 5 heteroatoms. The summed E-state index contributed by atoms with van der Waals surface area (Å²) < 4.78 is 3.99. The van der Waals surface area contributed by atoms with Crippen LogP contribution in [0.4, 0.5) is 0 Å². The minimum atomic E-state index is -1.56. The fraction of sp³-hybridized carbons (Fsp3) is 0. The van der Waals surface area contributed by atoms with Gasteiger partial charge in [-0.3, -0.25) is 0 Å². The van der Waals surface area contributed by atoms with Crippen LogP contribution in [0.15, 0.2) is 0 Å². The Morgan fingerprint density at radius 2 is 1.80 bits per heavy atom. The van der Waals surface area contributed by atoms with E-state index in [2.05, 4.69) is 2.99 Å². The molecule has 0 aliphatic heterocycles. The predicted octanol–water partition coefficient (Wildman–Crippen LogP) is -2.21. The van der Waals surface area contributed by atoms with E-state index in [1.165, 1.54) is 0 Å². The molecule has 0 fully saturated rings. The van der Waals surface area contributed by atoms with E-state index in [1.54, 1.807) is 0 Å². The maximum atomic E-state index is 7.73. The zero-order valence-electron chi connectivity index (χ0n) is 2.46. The van der Waals surface area contributed by atoms with E-state index in [9.17, 15) is 0 Å². The molecule has 2 N–H and O–H groups in total. The predicted molar refractivity (Wildman–Crippen MR) is 18.4 cm³/mol. The van der Waals surface area contributed by atoms with Gasteiger partial charge in [0.1, 0.15) is 0 Å². The second-order valence-electron chi connectivity index (χ2n) is 0.462. The normalized spacial score (nSPS) is 7.80. The van der Waals surface area contributed by atoms with Gasteiger partial charge in [-0.15, -0.1) is 0 Å². The Labute approximate surface area is 43.8 Å². The molecule has 28 valence electrons. The van der Waals surface area contributed by atoms with Crippen molar-refractivity contribution in [1.82, 2.24) is 0 Å². The molecule has 0 amide bonds. The van der Waals surface area contributed by atoms with Crippen LogP contribution in [0.25, 0.3) is 0 Å². The number of rotatable bonds is 1. The van der Waals surface area contributed by atoms with E-state index < -0.39 is 7.32 Å². The van der Waals surface area contributed by atoms with E-state index in [4.69, 9.17) is 10.0 Å². The summed E-state index contributed by atoms with van der Waals surface area (Å²) in [6, 6.07) is 0. The third-order valence-electron chi connectivity index (χ3n) is 0.122. The van der Waals surface area contributed by atoms with Crippen LogP contribution in [-0.4, -0.2) is 40.3 Å². The molecule has 0 aliphatic carbocycles. The standard InChI is InChI=1S/BH2O3.Sn.H/c2-1(3)4;;/h2-3H;;/q-1;+1;. The molecule has 0 bridgehead atoms. The number of hydrogen-bond donors (Lipinski definition) is 2. The molecule has 0 aliphatic rings. The van der Waals surface area contributed by atoms with E-state index in [1.807, 2.05) is 0 Å². The Kier molecular flexibility index (Phi) is 3.39. The van der Waals surface area contributed by atoms with Gasteiger partial charge in [0.15, 0.2) is 0 Å². The average Bonchev–Trinajstić information content (AvgIpc) is 1.38. The van der Waals surface area contributed by atoms with Crippen molar-refractivity contribution in [1.29, 1.82) is 0 Å². The van der Waals surface area contributed by atoms with Gasteiger partial charge < -0.3 is 0 Å². The van der Waals surface area contributed by atoms with Crippen molar-refractivity contribution in [3.8, 4) is 0 Å². The van der Waals surface area contributed by atoms with Crippen LogP contribution in [0.2, 0.25) is 0 Å². The van der Waals surface area contributed by atoms with E-state index in [-0.39, 0.29) is 0 Å². The summed E-state index contributed by atoms with van der Waals surface area (Å²) in [6.45, 7) is 0. The van der Waals surface area contributed by atoms with Crippen molar-refractivity contribution >= 4 is 30.3 Å². The van der Waals surface area contributed by atoms with Gasteiger partial charge in [0, 0.05) is 0 Å². The molecule has 0 saturated carbocycles. The monoisotopic (exact) mass is 182 g/mol. The molecule has 5 heavy (non-hydrogen) atoms. The van der Waals surface area contributed by atoms with Crippen LogP contribution >= 0.6 is 0 Å². The quantitative estimate of drug-likeness (QED) is 0.450. The molecule has 0 saturated heterocycles. The third kappa shape index (κ3) is 4.74. The van der Waals surface area contributed by atoms with E-state index >= 15 is 0 Å². The van der Waals surface area contributed by atoms with Crippen molar-refractivity contribution < 1.29 is 13.0 Å². The SMILES string of the molecule is OB(O)[O][SnH]. The molecule has 0 spiro atoms. The Hall–Kier alpha value is 0.744. The first-order chi connectivity index (χ1) is 2.27. The van der Waals surface area contributed by atoms with Gasteiger partial charge in [0.25, 0.3) is 0 Å². The van der Waals surface area contributed by atoms with Gasteiger partial charge >= 0.3 is 43.3 Å². The van der Waals surface area contributed by atoms with Crippen molar-refractivity contribution in [2.75, 3.05) is 0 Å². The van der Waals surface area contributed by atoms with Crippen molar-refractivity contribution in [2.24, 2.45) is 0 Å². The molecule has 0 unspecified atom stereocenters. The van der Waals surface area contributed by atoms with Gasteiger partial charge in [0.05, 0.1) is 0 Å². The first-order valence-corrected chi connectivity index (χ1v) is 2.33. The first-order valence-electron chi connectivity index (χ1n) is 0.988. The Bertz CT molecular complexity index is 20.9. The summed E-state index contributed by atoms with van der Waals surface area (Å²) in [5.74, 6) is 0. The average molecular weight is 181 g/mol. The van der Waals surface area contributed by atoms with Gasteiger partial charge in [-0.2, -0.15) is 0 Å². The van der Waals surface area contributed by atoms with Crippen molar-refractivity contribution in [3.05, 3.63) is 0 Å². The second kappa shape index (κ2) is 2.95. The zero-order chi connectivity index (χ0) is 4.28. The van der Waals surface area contributed by atoms with Gasteiger partial charge in [0.2, 0.25) is 0 Å². The maximum absolute atomic E-state index is 7.73. The minimum absolute atomic E-state index is 0.426. The van der Waals surface area contributed by atoms with Crippen LogP contribution in [-0.2, 0) is 2.99 Å². The zero-order valence-corrected chi connectivity index (χ0v) is 5.75. The molecule has 0 heterocycles. The second-order valence-corrected chi connectivity index (χ2v) is 1.24. The molecule has 2 radical (unpaired) electrons. The van der Waals surface area contributed by atoms with Crippen LogP contribution < -0.4 is 0 Å². The van der Waals surface area contributed by atoms with E-state index in [0.29, 0.717) is 22.9 Å². The van der Waals surface area contributed by atoms with Gasteiger partial charge in [-0.05, 0) is 0 Å². The topological polar surface area (TPSA) is 49.7 Å². The summed E-state index contributed by atoms with van der Waals surface area (Å²) in [7, 11) is -1.56.